The number of hydrogen-bond acceptors (Lipinski definition) is 6. The fourth-order valence-corrected chi connectivity index (χ4v) is 1.59. The molecular formula is C7H12Cl2N4O2. The Morgan fingerprint density at radius 2 is 2.00 bits per heavy atom. The first-order valence-corrected chi connectivity index (χ1v) is 4.96. The quantitative estimate of drug-likeness (QED) is 0.377. The van der Waals surface area contributed by atoms with Crippen molar-refractivity contribution in [2.45, 2.75) is 26.3 Å². The standard InChI is InChI=1S/C7H12Cl2N4O2/c1-4(14)12(5(2)15)7-3-6(8)10-13(9)11-7/h3-5,10,14-15H,1-2H3. The van der Waals surface area contributed by atoms with Crippen LogP contribution in [0.3, 0.4) is 0 Å². The Morgan fingerprint density at radius 3 is 2.40 bits per heavy atom. The number of hydrazine groups is 1. The van der Waals surface area contributed by atoms with Crippen molar-refractivity contribution in [3.05, 3.63) is 11.2 Å². The highest BCUT2D eigenvalue weighted by Gasteiger charge is 2.23. The first kappa shape index (κ1) is 12.4. The average Bonchev–Trinajstić information content (AvgIpc) is 1.99. The fourth-order valence-electron chi connectivity index (χ4n) is 1.20. The van der Waals surface area contributed by atoms with Gasteiger partial charge in [-0.05, 0) is 13.8 Å². The Labute approximate surface area is 97.4 Å². The van der Waals surface area contributed by atoms with Gasteiger partial charge in [0.1, 0.15) is 17.6 Å². The smallest absolute Gasteiger partial charge is 0.159 e. The number of aliphatic hydroxyl groups excluding tert-OH is 2. The number of amidine groups is 1. The van der Waals surface area contributed by atoms with Crippen molar-refractivity contribution in [1.82, 2.24) is 15.0 Å². The molecule has 6 nitrogen and oxygen atoms in total. The lowest BCUT2D eigenvalue weighted by molar-refractivity contribution is -0.0354. The van der Waals surface area contributed by atoms with E-state index < -0.39 is 12.5 Å². The van der Waals surface area contributed by atoms with Gasteiger partial charge in [-0.1, -0.05) is 11.6 Å². The molecule has 0 spiro atoms. The van der Waals surface area contributed by atoms with E-state index in [9.17, 15) is 10.2 Å². The molecule has 0 aromatic heterocycles. The van der Waals surface area contributed by atoms with Gasteiger partial charge in [-0.3, -0.25) is 5.43 Å². The van der Waals surface area contributed by atoms with Crippen LogP contribution in [0.25, 0.3) is 0 Å². The molecule has 0 amide bonds. The second-order valence-electron chi connectivity index (χ2n) is 2.99. The number of hydrazone groups is 1. The van der Waals surface area contributed by atoms with Gasteiger partial charge in [0.05, 0.1) is 11.8 Å². The summed E-state index contributed by atoms with van der Waals surface area (Å²) in [5.74, 6) is 0.263. The predicted octanol–water partition coefficient (Wildman–Crippen LogP) is 0.333. The van der Waals surface area contributed by atoms with Crippen LogP contribution >= 0.6 is 23.4 Å². The summed E-state index contributed by atoms with van der Waals surface area (Å²) < 4.78 is 0.870. The van der Waals surface area contributed by atoms with Gasteiger partial charge in [-0.2, -0.15) is 0 Å². The van der Waals surface area contributed by atoms with Crippen LogP contribution in [0.2, 0.25) is 0 Å². The van der Waals surface area contributed by atoms with Gasteiger partial charge in [0.15, 0.2) is 5.84 Å². The summed E-state index contributed by atoms with van der Waals surface area (Å²) >= 11 is 11.3. The largest absolute Gasteiger partial charge is 0.374 e. The first-order valence-electron chi connectivity index (χ1n) is 4.24. The second-order valence-corrected chi connectivity index (χ2v) is 3.72. The number of hydrogen-bond donors (Lipinski definition) is 3. The van der Waals surface area contributed by atoms with E-state index in [4.69, 9.17) is 23.4 Å². The van der Waals surface area contributed by atoms with Crippen molar-refractivity contribution in [2.75, 3.05) is 0 Å². The third kappa shape index (κ3) is 3.13. The summed E-state index contributed by atoms with van der Waals surface area (Å²) in [6, 6.07) is 0. The Morgan fingerprint density at radius 1 is 1.47 bits per heavy atom. The third-order valence-electron chi connectivity index (χ3n) is 1.71. The minimum absolute atomic E-state index is 0.237. The maximum absolute atomic E-state index is 9.44. The van der Waals surface area contributed by atoms with Gasteiger partial charge < -0.3 is 15.1 Å². The molecule has 0 aromatic rings. The summed E-state index contributed by atoms with van der Waals surface area (Å²) in [7, 11) is 0. The summed E-state index contributed by atoms with van der Waals surface area (Å²) in [4.78, 5) is 1.25. The molecule has 1 aliphatic rings. The third-order valence-corrected chi connectivity index (χ3v) is 2.07. The normalized spacial score (nSPS) is 20.0. The monoisotopic (exact) mass is 254 g/mol. The highest BCUT2D eigenvalue weighted by molar-refractivity contribution is 6.31. The van der Waals surface area contributed by atoms with Crippen LogP contribution in [-0.2, 0) is 0 Å². The zero-order valence-corrected chi connectivity index (χ0v) is 9.74. The van der Waals surface area contributed by atoms with E-state index in [1.165, 1.54) is 24.8 Å². The number of halogens is 2. The molecule has 86 valence electrons. The molecule has 2 atom stereocenters. The van der Waals surface area contributed by atoms with E-state index >= 15 is 0 Å². The summed E-state index contributed by atoms with van der Waals surface area (Å²) in [6.07, 6.45) is -0.375. The van der Waals surface area contributed by atoms with Crippen LogP contribution in [0.5, 0.6) is 0 Å². The second kappa shape index (κ2) is 4.89. The lowest BCUT2D eigenvalue weighted by Crippen LogP contribution is -2.46. The number of aliphatic hydroxyl groups is 2. The van der Waals surface area contributed by atoms with Crippen LogP contribution in [0, 0.1) is 0 Å². The molecule has 0 radical (unpaired) electrons. The Bertz CT molecular complexity index is 285. The van der Waals surface area contributed by atoms with E-state index in [0.29, 0.717) is 0 Å². The van der Waals surface area contributed by atoms with Gasteiger partial charge in [-0.15, -0.1) is 9.74 Å². The molecule has 8 heteroatoms. The van der Waals surface area contributed by atoms with Crippen molar-refractivity contribution in [1.29, 1.82) is 0 Å². The highest BCUT2D eigenvalue weighted by Crippen LogP contribution is 2.13. The molecular weight excluding hydrogens is 243 g/mol. The van der Waals surface area contributed by atoms with Crippen LogP contribution in [0.15, 0.2) is 16.3 Å². The molecule has 15 heavy (non-hydrogen) atoms. The van der Waals surface area contributed by atoms with Crippen LogP contribution in [-0.4, -0.2) is 38.0 Å². The maximum atomic E-state index is 9.44. The van der Waals surface area contributed by atoms with Crippen LogP contribution in [0.1, 0.15) is 13.8 Å². The zero-order valence-electron chi connectivity index (χ0n) is 8.22. The lowest BCUT2D eigenvalue weighted by atomic mass is 10.4. The Hall–Kier alpha value is -0.690. The van der Waals surface area contributed by atoms with Crippen molar-refractivity contribution < 1.29 is 10.2 Å². The summed E-state index contributed by atoms with van der Waals surface area (Å²) in [6.45, 7) is 3.00. The lowest BCUT2D eigenvalue weighted by Gasteiger charge is -2.32. The number of rotatable bonds is 2. The van der Waals surface area contributed by atoms with Crippen molar-refractivity contribution in [2.24, 2.45) is 5.10 Å². The Kier molecular flexibility index (Phi) is 4.04. The van der Waals surface area contributed by atoms with Crippen molar-refractivity contribution in [3.63, 3.8) is 0 Å². The number of nitrogens with one attached hydrogen (secondary N) is 1. The molecule has 0 saturated heterocycles. The van der Waals surface area contributed by atoms with E-state index in [2.05, 4.69) is 10.5 Å². The van der Waals surface area contributed by atoms with E-state index in [0.717, 1.165) is 4.64 Å². The molecule has 0 bridgehead atoms. The minimum atomic E-state index is -0.910. The van der Waals surface area contributed by atoms with Crippen LogP contribution in [0.4, 0.5) is 0 Å². The fraction of sp³-hybridized carbons (Fsp3) is 0.571. The molecule has 1 aliphatic heterocycles. The molecule has 0 saturated carbocycles. The zero-order chi connectivity index (χ0) is 11.6. The average molecular weight is 255 g/mol. The molecule has 0 aromatic carbocycles. The molecule has 1 heterocycles. The van der Waals surface area contributed by atoms with Gasteiger partial charge in [0.25, 0.3) is 0 Å². The molecule has 0 aliphatic carbocycles. The number of nitrogens with zero attached hydrogens (tertiary/aromatic N) is 3. The van der Waals surface area contributed by atoms with Gasteiger partial charge in [0.2, 0.25) is 0 Å². The molecule has 2 unspecified atom stereocenters. The van der Waals surface area contributed by atoms with E-state index in [-0.39, 0.29) is 11.0 Å². The topological polar surface area (TPSA) is 71.3 Å². The summed E-state index contributed by atoms with van der Waals surface area (Å²) in [5, 5.41) is 22.9. The maximum Gasteiger partial charge on any atom is 0.159 e. The molecule has 0 fully saturated rings. The molecule has 1 rings (SSSR count). The SMILES string of the molecule is CC(O)N(C1=NN(Cl)NC(Cl)=C1)C(C)O. The Balaban J connectivity index is 2.93. The van der Waals surface area contributed by atoms with Crippen molar-refractivity contribution >= 4 is 29.2 Å². The van der Waals surface area contributed by atoms with E-state index in [1.54, 1.807) is 0 Å². The predicted molar refractivity (Wildman–Crippen MR) is 57.4 cm³/mol. The van der Waals surface area contributed by atoms with Crippen LogP contribution < -0.4 is 5.43 Å². The van der Waals surface area contributed by atoms with Gasteiger partial charge in [-0.25, -0.2) is 0 Å². The minimum Gasteiger partial charge on any atom is -0.374 e. The van der Waals surface area contributed by atoms with Gasteiger partial charge in [0, 0.05) is 6.08 Å². The summed E-state index contributed by atoms with van der Waals surface area (Å²) in [5.41, 5.74) is 2.49. The highest BCUT2D eigenvalue weighted by atomic mass is 35.5. The van der Waals surface area contributed by atoms with Gasteiger partial charge >= 0.3 is 0 Å². The molecule has 3 N–H and O–H groups in total. The first-order chi connectivity index (χ1) is 6.91. The van der Waals surface area contributed by atoms with Crippen molar-refractivity contribution in [3.8, 4) is 0 Å². The van der Waals surface area contributed by atoms with E-state index in [1.807, 2.05) is 0 Å².